The maximum absolute atomic E-state index is 12.2. The van der Waals surface area contributed by atoms with Crippen molar-refractivity contribution in [1.29, 1.82) is 0 Å². The van der Waals surface area contributed by atoms with Crippen molar-refractivity contribution in [2.75, 3.05) is 18.0 Å². The third-order valence-corrected chi connectivity index (χ3v) is 5.55. The number of amides is 1. The van der Waals surface area contributed by atoms with E-state index < -0.39 is 0 Å². The van der Waals surface area contributed by atoms with Gasteiger partial charge in [0, 0.05) is 12.6 Å². The Hall–Kier alpha value is -0.750. The monoisotopic (exact) mass is 285 g/mol. The summed E-state index contributed by atoms with van der Waals surface area (Å²) in [4.78, 5) is 18.3. The van der Waals surface area contributed by atoms with Crippen molar-refractivity contribution < 1.29 is 4.79 Å². The molecule has 100 valence electrons. The number of aromatic nitrogens is 1. The van der Waals surface area contributed by atoms with Crippen LogP contribution in [-0.4, -0.2) is 34.1 Å². The molecule has 1 fully saturated rings. The molecule has 1 unspecified atom stereocenters. The van der Waals surface area contributed by atoms with E-state index in [1.54, 1.807) is 11.8 Å². The van der Waals surface area contributed by atoms with Gasteiger partial charge in [-0.2, -0.15) is 0 Å². The number of likely N-dealkylation sites (tertiary alicyclic amines) is 1. The third kappa shape index (κ3) is 3.17. The molecule has 1 aromatic heterocycles. The molecule has 2 N–H and O–H groups in total. The molecule has 0 aromatic carbocycles. The normalized spacial score (nSPS) is 20.1. The number of carbonyl (C=O) groups excluding carboxylic acids is 1. The van der Waals surface area contributed by atoms with Crippen LogP contribution in [0.4, 0.5) is 5.13 Å². The molecule has 1 amide bonds. The lowest BCUT2D eigenvalue weighted by molar-refractivity contribution is -0.131. The van der Waals surface area contributed by atoms with Gasteiger partial charge in [0.2, 0.25) is 5.91 Å². The molecule has 6 heteroatoms. The highest BCUT2D eigenvalue weighted by Gasteiger charge is 2.23. The maximum atomic E-state index is 12.2. The predicted octanol–water partition coefficient (Wildman–Crippen LogP) is 2.53. The number of rotatable bonds is 3. The summed E-state index contributed by atoms with van der Waals surface area (Å²) >= 11 is 3.02. The smallest absolute Gasteiger partial charge is 0.233 e. The zero-order valence-corrected chi connectivity index (χ0v) is 12.4. The molecule has 1 aromatic rings. The number of nitrogens with zero attached hydrogens (tertiary/aromatic N) is 2. The minimum absolute atomic E-state index is 0.235. The highest BCUT2D eigenvalue weighted by Crippen LogP contribution is 2.31. The summed E-state index contributed by atoms with van der Waals surface area (Å²) in [6, 6.07) is 0.388. The van der Waals surface area contributed by atoms with Crippen LogP contribution in [0.2, 0.25) is 0 Å². The number of nitrogen functional groups attached to an aromatic ring is 1. The van der Waals surface area contributed by atoms with Gasteiger partial charge < -0.3 is 10.6 Å². The molecular weight excluding hydrogens is 266 g/mol. The highest BCUT2D eigenvalue weighted by atomic mass is 32.2. The largest absolute Gasteiger partial charge is 0.375 e. The summed E-state index contributed by atoms with van der Waals surface area (Å²) in [7, 11) is 0. The number of thioether (sulfide) groups is 1. The van der Waals surface area contributed by atoms with Gasteiger partial charge in [0.25, 0.3) is 0 Å². The van der Waals surface area contributed by atoms with Crippen LogP contribution < -0.4 is 5.73 Å². The lowest BCUT2D eigenvalue weighted by Crippen LogP contribution is -2.42. The Morgan fingerprint density at radius 3 is 3.00 bits per heavy atom. The second-order valence-electron chi connectivity index (χ2n) is 4.65. The zero-order chi connectivity index (χ0) is 13.1. The lowest BCUT2D eigenvalue weighted by atomic mass is 10.0. The molecule has 1 saturated heterocycles. The average Bonchev–Trinajstić information content (AvgIpc) is 2.65. The second-order valence-corrected chi connectivity index (χ2v) is 6.92. The minimum atomic E-state index is 0.235. The number of piperidine rings is 1. The molecule has 0 bridgehead atoms. The van der Waals surface area contributed by atoms with Gasteiger partial charge in [-0.25, -0.2) is 4.98 Å². The molecule has 18 heavy (non-hydrogen) atoms. The Balaban J connectivity index is 1.89. The van der Waals surface area contributed by atoms with E-state index in [0.29, 0.717) is 16.9 Å². The van der Waals surface area contributed by atoms with E-state index in [0.717, 1.165) is 29.3 Å². The van der Waals surface area contributed by atoms with Gasteiger partial charge in [0.05, 0.1) is 15.7 Å². The van der Waals surface area contributed by atoms with Crippen LogP contribution in [0.5, 0.6) is 0 Å². The summed E-state index contributed by atoms with van der Waals surface area (Å²) in [5.74, 6) is 0.728. The number of carbonyl (C=O) groups is 1. The van der Waals surface area contributed by atoms with Crippen LogP contribution in [0.1, 0.15) is 31.9 Å². The van der Waals surface area contributed by atoms with E-state index in [1.807, 2.05) is 11.8 Å². The van der Waals surface area contributed by atoms with Crippen molar-refractivity contribution in [2.24, 2.45) is 0 Å². The summed E-state index contributed by atoms with van der Waals surface area (Å²) < 4.78 is 1.06. The summed E-state index contributed by atoms with van der Waals surface area (Å²) in [6.45, 7) is 4.98. The molecule has 0 radical (unpaired) electrons. The number of anilines is 1. The van der Waals surface area contributed by atoms with E-state index in [1.165, 1.54) is 17.8 Å². The van der Waals surface area contributed by atoms with Crippen molar-refractivity contribution in [3.8, 4) is 0 Å². The van der Waals surface area contributed by atoms with Gasteiger partial charge in [0.15, 0.2) is 5.13 Å². The molecule has 2 heterocycles. The van der Waals surface area contributed by atoms with Crippen LogP contribution in [0.25, 0.3) is 0 Å². The number of hydrogen-bond donors (Lipinski definition) is 1. The fraction of sp³-hybridized carbons (Fsp3) is 0.667. The number of aryl methyl sites for hydroxylation is 1. The van der Waals surface area contributed by atoms with E-state index in [2.05, 4.69) is 11.9 Å². The maximum Gasteiger partial charge on any atom is 0.233 e. The van der Waals surface area contributed by atoms with Crippen molar-refractivity contribution >= 4 is 34.1 Å². The predicted molar refractivity (Wildman–Crippen MR) is 77.0 cm³/mol. The van der Waals surface area contributed by atoms with Crippen molar-refractivity contribution in [2.45, 2.75) is 43.4 Å². The number of nitrogens with two attached hydrogens (primary N) is 1. The standard InChI is InChI=1S/C12H19N3OS2/c1-8-5-3-4-6-15(8)10(16)7-17-11-9(2)14-12(13)18-11/h8H,3-7H2,1-2H3,(H2,13,14). The molecule has 1 aliphatic heterocycles. The minimum Gasteiger partial charge on any atom is -0.375 e. The number of hydrogen-bond acceptors (Lipinski definition) is 5. The van der Waals surface area contributed by atoms with Crippen molar-refractivity contribution in [3.63, 3.8) is 0 Å². The first-order valence-electron chi connectivity index (χ1n) is 6.23. The van der Waals surface area contributed by atoms with Crippen LogP contribution in [0, 0.1) is 6.92 Å². The van der Waals surface area contributed by atoms with Crippen LogP contribution in [0.3, 0.4) is 0 Å². The average molecular weight is 285 g/mol. The molecule has 1 atom stereocenters. The van der Waals surface area contributed by atoms with Crippen molar-refractivity contribution in [3.05, 3.63) is 5.69 Å². The van der Waals surface area contributed by atoms with E-state index in [4.69, 9.17) is 5.73 Å². The first-order valence-corrected chi connectivity index (χ1v) is 8.03. The van der Waals surface area contributed by atoms with Crippen molar-refractivity contribution in [1.82, 2.24) is 9.88 Å². The Bertz CT molecular complexity index is 433. The fourth-order valence-electron chi connectivity index (χ4n) is 2.22. The molecule has 4 nitrogen and oxygen atoms in total. The first kappa shape index (κ1) is 13.7. The lowest BCUT2D eigenvalue weighted by Gasteiger charge is -2.33. The second kappa shape index (κ2) is 5.93. The molecule has 0 aliphatic carbocycles. The van der Waals surface area contributed by atoms with Gasteiger partial charge in [-0.3, -0.25) is 4.79 Å². The molecule has 1 aliphatic rings. The highest BCUT2D eigenvalue weighted by molar-refractivity contribution is 8.01. The third-order valence-electron chi connectivity index (χ3n) is 3.22. The van der Waals surface area contributed by atoms with Gasteiger partial charge in [-0.05, 0) is 33.1 Å². The van der Waals surface area contributed by atoms with Gasteiger partial charge in [-0.15, -0.1) is 11.8 Å². The number of thiazole rings is 1. The quantitative estimate of drug-likeness (QED) is 0.867. The topological polar surface area (TPSA) is 59.2 Å². The Morgan fingerprint density at radius 2 is 2.39 bits per heavy atom. The van der Waals surface area contributed by atoms with E-state index in [9.17, 15) is 4.79 Å². The van der Waals surface area contributed by atoms with Gasteiger partial charge in [0.1, 0.15) is 0 Å². The summed E-state index contributed by atoms with van der Waals surface area (Å²) in [5, 5.41) is 0.578. The summed E-state index contributed by atoms with van der Waals surface area (Å²) in [6.07, 6.45) is 3.50. The van der Waals surface area contributed by atoms with E-state index >= 15 is 0 Å². The van der Waals surface area contributed by atoms with Crippen LogP contribution in [0.15, 0.2) is 4.21 Å². The Kier molecular flexibility index (Phi) is 4.50. The van der Waals surface area contributed by atoms with Gasteiger partial charge >= 0.3 is 0 Å². The fourth-order valence-corrected chi connectivity index (χ4v) is 4.12. The zero-order valence-electron chi connectivity index (χ0n) is 10.8. The molecule has 0 spiro atoms. The van der Waals surface area contributed by atoms with Gasteiger partial charge in [-0.1, -0.05) is 11.3 Å². The SMILES string of the molecule is Cc1nc(N)sc1SCC(=O)N1CCCCC1C. The first-order chi connectivity index (χ1) is 8.58. The Labute approximate surface area is 116 Å². The van der Waals surface area contributed by atoms with Crippen LogP contribution >= 0.6 is 23.1 Å². The van der Waals surface area contributed by atoms with E-state index in [-0.39, 0.29) is 5.91 Å². The van der Waals surface area contributed by atoms with Crippen LogP contribution in [-0.2, 0) is 4.79 Å². The molecule has 2 rings (SSSR count). The summed E-state index contributed by atoms with van der Waals surface area (Å²) in [5.41, 5.74) is 6.58. The molecule has 0 saturated carbocycles. The molecular formula is C12H19N3OS2. The Morgan fingerprint density at radius 1 is 1.61 bits per heavy atom.